The molecule has 152 valence electrons. The summed E-state index contributed by atoms with van der Waals surface area (Å²) in [6.45, 7) is 5.48. The van der Waals surface area contributed by atoms with E-state index >= 15 is 0 Å². The van der Waals surface area contributed by atoms with Gasteiger partial charge in [-0.2, -0.15) is 0 Å². The zero-order valence-electron chi connectivity index (χ0n) is 16.9. The summed E-state index contributed by atoms with van der Waals surface area (Å²) in [5, 5.41) is 13.0. The minimum Gasteiger partial charge on any atom is -0.464 e. The van der Waals surface area contributed by atoms with E-state index < -0.39 is 5.60 Å². The molecule has 6 nitrogen and oxygen atoms in total. The van der Waals surface area contributed by atoms with Crippen molar-refractivity contribution < 1.29 is 9.52 Å². The third-order valence-electron chi connectivity index (χ3n) is 6.62. The zero-order chi connectivity index (χ0) is 19.8. The van der Waals surface area contributed by atoms with E-state index in [9.17, 15) is 5.11 Å². The van der Waals surface area contributed by atoms with Crippen molar-refractivity contribution in [1.29, 1.82) is 0 Å². The number of pyridine rings is 1. The lowest BCUT2D eigenvalue weighted by atomic mass is 9.79. The van der Waals surface area contributed by atoms with Gasteiger partial charge in [0.1, 0.15) is 17.0 Å². The summed E-state index contributed by atoms with van der Waals surface area (Å²) >= 11 is 0. The summed E-state index contributed by atoms with van der Waals surface area (Å²) in [6, 6.07) is 14.1. The molecule has 0 bridgehead atoms. The number of rotatable bonds is 3. The van der Waals surface area contributed by atoms with Gasteiger partial charge < -0.3 is 19.3 Å². The fourth-order valence-electron chi connectivity index (χ4n) is 4.86. The molecule has 3 aromatic rings. The fourth-order valence-corrected chi connectivity index (χ4v) is 4.86. The number of piperidine rings is 1. The molecule has 5 rings (SSSR count). The Morgan fingerprint density at radius 2 is 1.83 bits per heavy atom. The molecule has 2 aliphatic heterocycles. The number of nitrogens with zero attached hydrogens (tertiary/aromatic N) is 4. The highest BCUT2D eigenvalue weighted by Crippen LogP contribution is 2.38. The maximum Gasteiger partial charge on any atom is 0.139 e. The van der Waals surface area contributed by atoms with Crippen LogP contribution in [0.4, 0.5) is 5.82 Å². The van der Waals surface area contributed by atoms with Crippen molar-refractivity contribution in [1.82, 2.24) is 14.8 Å². The van der Waals surface area contributed by atoms with Gasteiger partial charge in [-0.05, 0) is 31.2 Å². The topological polar surface area (TPSA) is 56.0 Å². The molecule has 6 heteroatoms. The van der Waals surface area contributed by atoms with Crippen molar-refractivity contribution in [3.63, 3.8) is 0 Å². The van der Waals surface area contributed by atoms with Gasteiger partial charge >= 0.3 is 0 Å². The summed E-state index contributed by atoms with van der Waals surface area (Å²) < 4.78 is 5.58. The number of anilines is 1. The molecule has 2 saturated heterocycles. The number of piperazine rings is 1. The quantitative estimate of drug-likeness (QED) is 0.739. The summed E-state index contributed by atoms with van der Waals surface area (Å²) in [4.78, 5) is 11.8. The first-order chi connectivity index (χ1) is 14.1. The highest BCUT2D eigenvalue weighted by Gasteiger charge is 2.46. The third kappa shape index (κ3) is 3.31. The van der Waals surface area contributed by atoms with Crippen molar-refractivity contribution in [2.24, 2.45) is 0 Å². The Kier molecular flexibility index (Phi) is 4.78. The van der Waals surface area contributed by atoms with Crippen LogP contribution >= 0.6 is 0 Å². The van der Waals surface area contributed by atoms with Crippen molar-refractivity contribution in [3.05, 3.63) is 60.5 Å². The number of likely N-dealkylation sites (N-methyl/N-ethyl adjacent to an activating group) is 1. The van der Waals surface area contributed by atoms with Crippen LogP contribution < -0.4 is 4.90 Å². The predicted molar refractivity (Wildman–Crippen MR) is 114 cm³/mol. The molecule has 1 N–H and O–H groups in total. The lowest BCUT2D eigenvalue weighted by Gasteiger charge is -2.51. The van der Waals surface area contributed by atoms with Gasteiger partial charge in [-0.25, -0.2) is 4.98 Å². The number of fused-ring (bicyclic) bond motifs is 1. The molecule has 0 radical (unpaired) electrons. The van der Waals surface area contributed by atoms with Crippen LogP contribution in [-0.4, -0.2) is 72.2 Å². The molecule has 0 saturated carbocycles. The van der Waals surface area contributed by atoms with Gasteiger partial charge in [0.25, 0.3) is 0 Å². The average Bonchev–Trinajstić information content (AvgIpc) is 3.25. The Hall–Kier alpha value is -2.41. The number of hydrogen-bond donors (Lipinski definition) is 1. The van der Waals surface area contributed by atoms with E-state index in [0.29, 0.717) is 6.42 Å². The van der Waals surface area contributed by atoms with E-state index in [1.807, 2.05) is 36.5 Å². The van der Waals surface area contributed by atoms with Crippen LogP contribution in [0.5, 0.6) is 0 Å². The second-order valence-electron chi connectivity index (χ2n) is 8.31. The molecule has 0 aliphatic carbocycles. The van der Waals surface area contributed by atoms with Crippen LogP contribution in [0, 0.1) is 0 Å². The summed E-state index contributed by atoms with van der Waals surface area (Å²) in [5.41, 5.74) is 1.01. The minimum atomic E-state index is -0.863. The lowest BCUT2D eigenvalue weighted by molar-refractivity contribution is -0.0757. The standard InChI is InChI=1S/C23H28N4O2/c1-25-12-14-26(15-13-25)21-17-27(22-19-8-16-29-20(19)7-10-24-22)11-9-23(21,28)18-5-3-2-4-6-18/h2-8,10,16,21,28H,9,11-15,17H2,1H3/t21-,23+/m1/s1. The molecule has 0 unspecified atom stereocenters. The maximum atomic E-state index is 11.9. The molecule has 2 aromatic heterocycles. The van der Waals surface area contributed by atoms with E-state index in [0.717, 1.165) is 61.6 Å². The second kappa shape index (κ2) is 7.44. The maximum absolute atomic E-state index is 11.9. The van der Waals surface area contributed by atoms with Gasteiger partial charge in [0.15, 0.2) is 0 Å². The first-order valence-electron chi connectivity index (χ1n) is 10.4. The van der Waals surface area contributed by atoms with Gasteiger partial charge in [0.2, 0.25) is 0 Å². The monoisotopic (exact) mass is 392 g/mol. The van der Waals surface area contributed by atoms with Gasteiger partial charge in [-0.1, -0.05) is 30.3 Å². The number of aliphatic hydroxyl groups is 1. The van der Waals surface area contributed by atoms with Gasteiger partial charge in [-0.3, -0.25) is 4.90 Å². The van der Waals surface area contributed by atoms with Crippen LogP contribution in [0.25, 0.3) is 11.0 Å². The SMILES string of the molecule is CN1CCN([C@@H]2CN(c3nccc4occc34)CC[C@]2(O)c2ccccc2)CC1. The molecule has 1 aromatic carbocycles. The highest BCUT2D eigenvalue weighted by molar-refractivity contribution is 5.88. The number of hydrogen-bond acceptors (Lipinski definition) is 6. The Morgan fingerprint density at radius 3 is 2.62 bits per heavy atom. The summed E-state index contributed by atoms with van der Waals surface area (Å²) in [5.74, 6) is 0.950. The van der Waals surface area contributed by atoms with E-state index in [1.54, 1.807) is 6.26 Å². The first kappa shape index (κ1) is 18.6. The number of furan rings is 1. The van der Waals surface area contributed by atoms with Crippen LogP contribution in [0.2, 0.25) is 0 Å². The smallest absolute Gasteiger partial charge is 0.139 e. The molecular formula is C23H28N4O2. The number of aromatic nitrogens is 1. The minimum absolute atomic E-state index is 0.0105. The van der Waals surface area contributed by atoms with E-state index in [1.165, 1.54) is 0 Å². The van der Waals surface area contributed by atoms with Crippen LogP contribution in [0.1, 0.15) is 12.0 Å². The molecule has 4 heterocycles. The Bertz CT molecular complexity index is 967. The van der Waals surface area contributed by atoms with Gasteiger partial charge in [0.05, 0.1) is 17.7 Å². The van der Waals surface area contributed by atoms with Crippen molar-refractivity contribution in [3.8, 4) is 0 Å². The van der Waals surface area contributed by atoms with Crippen LogP contribution in [0.15, 0.2) is 59.3 Å². The lowest BCUT2D eigenvalue weighted by Crippen LogP contribution is -2.64. The average molecular weight is 393 g/mol. The Balaban J connectivity index is 1.50. The van der Waals surface area contributed by atoms with Gasteiger partial charge in [0, 0.05) is 45.5 Å². The zero-order valence-corrected chi connectivity index (χ0v) is 16.9. The van der Waals surface area contributed by atoms with Crippen molar-refractivity contribution in [2.45, 2.75) is 18.1 Å². The third-order valence-corrected chi connectivity index (χ3v) is 6.62. The fraction of sp³-hybridized carbons (Fsp3) is 0.435. The Morgan fingerprint density at radius 1 is 1.03 bits per heavy atom. The second-order valence-corrected chi connectivity index (χ2v) is 8.31. The molecule has 2 fully saturated rings. The number of benzene rings is 1. The van der Waals surface area contributed by atoms with E-state index in [4.69, 9.17) is 4.42 Å². The van der Waals surface area contributed by atoms with E-state index in [-0.39, 0.29) is 6.04 Å². The highest BCUT2D eigenvalue weighted by atomic mass is 16.3. The normalized spacial score (nSPS) is 26.8. The van der Waals surface area contributed by atoms with Crippen molar-refractivity contribution in [2.75, 3.05) is 51.2 Å². The predicted octanol–water partition coefficient (Wildman–Crippen LogP) is 2.54. The van der Waals surface area contributed by atoms with Crippen molar-refractivity contribution >= 4 is 16.8 Å². The Labute approximate surface area is 171 Å². The van der Waals surface area contributed by atoms with E-state index in [2.05, 4.69) is 38.9 Å². The molecule has 0 amide bonds. The molecule has 29 heavy (non-hydrogen) atoms. The molecule has 2 aliphatic rings. The molecule has 2 atom stereocenters. The molecule has 0 spiro atoms. The first-order valence-corrected chi connectivity index (χ1v) is 10.4. The van der Waals surface area contributed by atoms with Gasteiger partial charge in [-0.15, -0.1) is 0 Å². The van der Waals surface area contributed by atoms with Crippen LogP contribution in [0.3, 0.4) is 0 Å². The summed E-state index contributed by atoms with van der Waals surface area (Å²) in [6.07, 6.45) is 4.20. The molecular weight excluding hydrogens is 364 g/mol. The largest absolute Gasteiger partial charge is 0.464 e. The summed E-state index contributed by atoms with van der Waals surface area (Å²) in [7, 11) is 2.16. The van der Waals surface area contributed by atoms with Crippen LogP contribution in [-0.2, 0) is 5.60 Å².